The highest BCUT2D eigenvalue weighted by Gasteiger charge is 2.13. The summed E-state index contributed by atoms with van der Waals surface area (Å²) < 4.78 is 1.45. The summed E-state index contributed by atoms with van der Waals surface area (Å²) in [6.07, 6.45) is 0.597. The number of nitrogens with two attached hydrogens (primary N) is 1. The predicted molar refractivity (Wildman–Crippen MR) is 109 cm³/mol. The number of benzene rings is 2. The van der Waals surface area contributed by atoms with Crippen molar-refractivity contribution in [2.75, 3.05) is 16.9 Å². The number of hydrogen-bond donors (Lipinski definition) is 2. The molecule has 0 spiro atoms. The minimum absolute atomic E-state index is 0.107. The summed E-state index contributed by atoms with van der Waals surface area (Å²) in [6.45, 7) is 4.28. The smallest absolute Gasteiger partial charge is 0.234 e. The molecule has 1 amide bonds. The Hall–Kier alpha value is -2.80. The van der Waals surface area contributed by atoms with Gasteiger partial charge in [-0.05, 0) is 29.2 Å². The largest absolute Gasteiger partial charge is 0.336 e. The topological polar surface area (TPSA) is 85.8 Å². The Morgan fingerprint density at radius 3 is 2.48 bits per heavy atom. The summed E-state index contributed by atoms with van der Waals surface area (Å²) in [7, 11) is 0. The first kappa shape index (κ1) is 19.0. The van der Waals surface area contributed by atoms with Crippen LogP contribution in [0.5, 0.6) is 0 Å². The minimum Gasteiger partial charge on any atom is -0.336 e. The summed E-state index contributed by atoms with van der Waals surface area (Å²) >= 11 is 1.27. The van der Waals surface area contributed by atoms with Crippen molar-refractivity contribution in [1.82, 2.24) is 14.9 Å². The van der Waals surface area contributed by atoms with Crippen LogP contribution in [0.3, 0.4) is 0 Å². The molecule has 0 bridgehead atoms. The molecule has 140 valence electrons. The van der Waals surface area contributed by atoms with E-state index in [0.29, 0.717) is 23.3 Å². The number of rotatable bonds is 7. The van der Waals surface area contributed by atoms with Crippen LogP contribution in [-0.2, 0) is 11.2 Å². The zero-order chi connectivity index (χ0) is 19.2. The highest BCUT2D eigenvalue weighted by molar-refractivity contribution is 7.99. The second-order valence-electron chi connectivity index (χ2n) is 6.54. The number of nitrogen functional groups attached to an aromatic ring is 1. The van der Waals surface area contributed by atoms with E-state index in [-0.39, 0.29) is 11.7 Å². The van der Waals surface area contributed by atoms with E-state index in [2.05, 4.69) is 29.4 Å². The van der Waals surface area contributed by atoms with Crippen molar-refractivity contribution >= 4 is 23.4 Å². The lowest BCUT2D eigenvalue weighted by Gasteiger charge is -2.08. The SMILES string of the molecule is CC(C)c1ccc(NC(=O)CSc2nnc(Cc3ccccc3)n2N)cc1. The second-order valence-corrected chi connectivity index (χ2v) is 7.49. The van der Waals surface area contributed by atoms with Crippen molar-refractivity contribution in [3.63, 3.8) is 0 Å². The number of nitrogens with zero attached hydrogens (tertiary/aromatic N) is 3. The van der Waals surface area contributed by atoms with E-state index in [0.717, 1.165) is 11.3 Å². The van der Waals surface area contributed by atoms with E-state index in [1.54, 1.807) is 0 Å². The molecule has 0 aliphatic rings. The van der Waals surface area contributed by atoms with Gasteiger partial charge in [-0.1, -0.05) is 68.1 Å². The Morgan fingerprint density at radius 1 is 1.11 bits per heavy atom. The fraction of sp³-hybridized carbons (Fsp3) is 0.250. The zero-order valence-electron chi connectivity index (χ0n) is 15.4. The Morgan fingerprint density at radius 2 is 1.81 bits per heavy atom. The molecule has 7 heteroatoms. The number of hydrogen-bond acceptors (Lipinski definition) is 5. The molecule has 0 unspecified atom stereocenters. The Bertz CT molecular complexity index is 890. The van der Waals surface area contributed by atoms with Crippen LogP contribution in [0.15, 0.2) is 59.8 Å². The fourth-order valence-corrected chi connectivity index (χ4v) is 3.26. The van der Waals surface area contributed by atoms with Gasteiger partial charge in [-0.2, -0.15) is 0 Å². The van der Waals surface area contributed by atoms with Crippen LogP contribution in [-0.4, -0.2) is 26.5 Å². The lowest BCUT2D eigenvalue weighted by atomic mass is 10.0. The van der Waals surface area contributed by atoms with Crippen LogP contribution in [0.25, 0.3) is 0 Å². The number of aromatic nitrogens is 3. The van der Waals surface area contributed by atoms with E-state index in [1.165, 1.54) is 22.0 Å². The normalized spacial score (nSPS) is 10.9. The van der Waals surface area contributed by atoms with E-state index in [1.807, 2.05) is 54.6 Å². The van der Waals surface area contributed by atoms with Crippen LogP contribution in [0.1, 0.15) is 36.7 Å². The molecule has 27 heavy (non-hydrogen) atoms. The maximum Gasteiger partial charge on any atom is 0.234 e. The van der Waals surface area contributed by atoms with Crippen LogP contribution < -0.4 is 11.2 Å². The molecule has 0 radical (unpaired) electrons. The second kappa shape index (κ2) is 8.73. The first-order chi connectivity index (χ1) is 13.0. The molecule has 0 saturated heterocycles. The molecule has 2 aromatic carbocycles. The highest BCUT2D eigenvalue weighted by atomic mass is 32.2. The fourth-order valence-electron chi connectivity index (χ4n) is 2.58. The standard InChI is InChI=1S/C20H23N5OS/c1-14(2)16-8-10-17(11-9-16)22-19(26)13-27-20-24-23-18(25(20)21)12-15-6-4-3-5-7-15/h3-11,14H,12-13,21H2,1-2H3,(H,22,26). The quantitative estimate of drug-likeness (QED) is 0.484. The zero-order valence-corrected chi connectivity index (χ0v) is 16.2. The van der Waals surface area contributed by atoms with Gasteiger partial charge in [0.05, 0.1) is 5.75 Å². The van der Waals surface area contributed by atoms with Gasteiger partial charge in [0.1, 0.15) is 0 Å². The summed E-state index contributed by atoms with van der Waals surface area (Å²) in [6, 6.07) is 17.8. The van der Waals surface area contributed by atoms with Gasteiger partial charge in [0.25, 0.3) is 0 Å². The lowest BCUT2D eigenvalue weighted by molar-refractivity contribution is -0.113. The molecule has 6 nitrogen and oxygen atoms in total. The molecular weight excluding hydrogens is 358 g/mol. The monoisotopic (exact) mass is 381 g/mol. The van der Waals surface area contributed by atoms with Gasteiger partial charge in [0.15, 0.2) is 5.82 Å². The molecule has 3 rings (SSSR count). The number of carbonyl (C=O) groups is 1. The number of carbonyl (C=O) groups excluding carboxylic acids is 1. The van der Waals surface area contributed by atoms with Crippen molar-refractivity contribution in [3.05, 3.63) is 71.5 Å². The summed E-state index contributed by atoms with van der Waals surface area (Å²) in [5.74, 6) is 7.31. The number of amides is 1. The maximum absolute atomic E-state index is 12.2. The molecule has 3 N–H and O–H groups in total. The Kier molecular flexibility index (Phi) is 6.13. The Balaban J connectivity index is 1.54. The number of nitrogens with one attached hydrogen (secondary N) is 1. The molecule has 1 aromatic heterocycles. The number of anilines is 1. The van der Waals surface area contributed by atoms with E-state index >= 15 is 0 Å². The minimum atomic E-state index is -0.107. The van der Waals surface area contributed by atoms with Crippen LogP contribution in [0, 0.1) is 0 Å². The molecule has 0 fully saturated rings. The van der Waals surface area contributed by atoms with Gasteiger partial charge in [0.2, 0.25) is 11.1 Å². The summed E-state index contributed by atoms with van der Waals surface area (Å²) in [4.78, 5) is 12.2. The predicted octanol–water partition coefficient (Wildman–Crippen LogP) is 3.44. The maximum atomic E-state index is 12.2. The van der Waals surface area contributed by atoms with Gasteiger partial charge in [-0.15, -0.1) is 10.2 Å². The van der Waals surface area contributed by atoms with Gasteiger partial charge < -0.3 is 11.2 Å². The van der Waals surface area contributed by atoms with Crippen LogP contribution in [0.2, 0.25) is 0 Å². The average Bonchev–Trinajstić information content (AvgIpc) is 3.01. The van der Waals surface area contributed by atoms with Crippen molar-refractivity contribution in [2.45, 2.75) is 31.3 Å². The molecule has 3 aromatic rings. The molecule has 1 heterocycles. The van der Waals surface area contributed by atoms with Crippen molar-refractivity contribution in [3.8, 4) is 0 Å². The molecule has 0 aliphatic heterocycles. The summed E-state index contributed by atoms with van der Waals surface area (Å²) in [5, 5.41) is 11.6. The average molecular weight is 382 g/mol. The van der Waals surface area contributed by atoms with Gasteiger partial charge in [-0.25, -0.2) is 4.68 Å². The van der Waals surface area contributed by atoms with Crippen LogP contribution >= 0.6 is 11.8 Å². The first-order valence-electron chi connectivity index (χ1n) is 8.79. The van der Waals surface area contributed by atoms with Gasteiger partial charge in [0, 0.05) is 12.1 Å². The van der Waals surface area contributed by atoms with Gasteiger partial charge >= 0.3 is 0 Å². The molecular formula is C20H23N5OS. The van der Waals surface area contributed by atoms with Gasteiger partial charge in [-0.3, -0.25) is 4.79 Å². The third-order valence-corrected chi connectivity index (χ3v) is 5.08. The van der Waals surface area contributed by atoms with E-state index < -0.39 is 0 Å². The van der Waals surface area contributed by atoms with Crippen molar-refractivity contribution in [1.29, 1.82) is 0 Å². The number of thioether (sulfide) groups is 1. The Labute approximate surface area is 163 Å². The van der Waals surface area contributed by atoms with E-state index in [4.69, 9.17) is 5.84 Å². The molecule has 0 atom stereocenters. The van der Waals surface area contributed by atoms with Crippen molar-refractivity contribution < 1.29 is 4.79 Å². The van der Waals surface area contributed by atoms with E-state index in [9.17, 15) is 4.79 Å². The first-order valence-corrected chi connectivity index (χ1v) is 9.77. The molecule has 0 saturated carbocycles. The third-order valence-electron chi connectivity index (χ3n) is 4.13. The van der Waals surface area contributed by atoms with Crippen molar-refractivity contribution in [2.24, 2.45) is 0 Å². The highest BCUT2D eigenvalue weighted by Crippen LogP contribution is 2.19. The lowest BCUT2D eigenvalue weighted by Crippen LogP contribution is -2.17. The van der Waals surface area contributed by atoms with Crippen LogP contribution in [0.4, 0.5) is 5.69 Å². The summed E-state index contributed by atoms with van der Waals surface area (Å²) in [5.41, 5.74) is 3.13. The third kappa shape index (κ3) is 5.10. The molecule has 0 aliphatic carbocycles.